The van der Waals surface area contributed by atoms with E-state index in [9.17, 15) is 0 Å². The van der Waals surface area contributed by atoms with Gasteiger partial charge in [0.1, 0.15) is 22.4 Å². The highest BCUT2D eigenvalue weighted by molar-refractivity contribution is 7.81. The van der Waals surface area contributed by atoms with E-state index in [-0.39, 0.29) is 0 Å². The number of ether oxygens (including phenoxy) is 1. The molecule has 0 bridgehead atoms. The summed E-state index contributed by atoms with van der Waals surface area (Å²) in [6, 6.07) is 7.97. The lowest BCUT2D eigenvalue weighted by molar-refractivity contribution is 0.305. The van der Waals surface area contributed by atoms with Gasteiger partial charge in [-0.15, -0.1) is 11.3 Å². The van der Waals surface area contributed by atoms with Crippen molar-refractivity contribution in [3.63, 3.8) is 0 Å². The van der Waals surface area contributed by atoms with Crippen LogP contribution in [0.5, 0.6) is 5.75 Å². The fraction of sp³-hybridized carbons (Fsp3) is 0.333. The van der Waals surface area contributed by atoms with Crippen molar-refractivity contribution in [2.45, 2.75) is 33.3 Å². The summed E-state index contributed by atoms with van der Waals surface area (Å²) in [5.41, 5.74) is 7.93. The number of rotatable bonds is 5. The molecule has 3 nitrogen and oxygen atoms in total. The van der Waals surface area contributed by atoms with Gasteiger partial charge in [0.05, 0.1) is 10.6 Å². The molecule has 0 aliphatic rings. The highest BCUT2D eigenvalue weighted by atomic mass is 32.1. The van der Waals surface area contributed by atoms with Crippen molar-refractivity contribution in [1.29, 1.82) is 0 Å². The Bertz CT molecular complexity index is 603. The zero-order valence-electron chi connectivity index (χ0n) is 11.8. The van der Waals surface area contributed by atoms with E-state index in [1.165, 1.54) is 16.9 Å². The average molecular weight is 306 g/mol. The summed E-state index contributed by atoms with van der Waals surface area (Å²) < 4.78 is 5.74. The minimum atomic E-state index is 0.302. The number of nitrogens with two attached hydrogens (primary N) is 1. The average Bonchev–Trinajstić information content (AvgIpc) is 2.83. The first-order chi connectivity index (χ1) is 9.47. The van der Waals surface area contributed by atoms with Crippen molar-refractivity contribution in [3.05, 3.63) is 45.4 Å². The summed E-state index contributed by atoms with van der Waals surface area (Å²) in [5, 5.41) is 0.900. The van der Waals surface area contributed by atoms with Crippen LogP contribution in [0.1, 0.15) is 40.9 Å². The zero-order chi connectivity index (χ0) is 14.7. The highest BCUT2D eigenvalue weighted by Crippen LogP contribution is 2.26. The van der Waals surface area contributed by atoms with Crippen LogP contribution >= 0.6 is 23.6 Å². The molecule has 2 rings (SSSR count). The summed E-state index contributed by atoms with van der Waals surface area (Å²) in [5.74, 6) is 1.14. The van der Waals surface area contributed by atoms with Gasteiger partial charge in [-0.25, -0.2) is 4.98 Å². The van der Waals surface area contributed by atoms with Crippen LogP contribution in [0.3, 0.4) is 0 Å². The maximum absolute atomic E-state index is 5.75. The molecule has 0 saturated heterocycles. The Labute approximate surface area is 128 Å². The van der Waals surface area contributed by atoms with E-state index >= 15 is 0 Å². The molecule has 1 aromatic heterocycles. The van der Waals surface area contributed by atoms with E-state index in [1.54, 1.807) is 0 Å². The van der Waals surface area contributed by atoms with E-state index in [1.807, 2.05) is 31.2 Å². The first-order valence-electron chi connectivity index (χ1n) is 6.46. The van der Waals surface area contributed by atoms with Gasteiger partial charge in [-0.1, -0.05) is 43.8 Å². The predicted octanol–water partition coefficient (Wildman–Crippen LogP) is 3.79. The molecule has 2 N–H and O–H groups in total. The highest BCUT2D eigenvalue weighted by Gasteiger charge is 2.16. The summed E-state index contributed by atoms with van der Waals surface area (Å²) in [6.45, 7) is 6.66. The standard InChI is InChI=1S/C15H18N2OS2/c1-9(2)13-14(15(16)19)20-12(17-13)8-18-11-6-4-10(3)5-7-11/h4-7,9H,8H2,1-3H3,(H2,16,19). The molecule has 0 atom stereocenters. The van der Waals surface area contributed by atoms with E-state index in [4.69, 9.17) is 22.7 Å². The van der Waals surface area contributed by atoms with Gasteiger partial charge >= 0.3 is 0 Å². The topological polar surface area (TPSA) is 48.1 Å². The molecule has 0 spiro atoms. The SMILES string of the molecule is Cc1ccc(OCc2nc(C(C)C)c(C(N)=S)s2)cc1. The number of thiazole rings is 1. The fourth-order valence-corrected chi connectivity index (χ4v) is 3.00. The molecule has 1 heterocycles. The van der Waals surface area contributed by atoms with Gasteiger partial charge in [-0.05, 0) is 25.0 Å². The normalized spacial score (nSPS) is 10.8. The Morgan fingerprint density at radius 2 is 2.00 bits per heavy atom. The van der Waals surface area contributed by atoms with Gasteiger partial charge in [-0.3, -0.25) is 0 Å². The third-order valence-corrected chi connectivity index (χ3v) is 4.26. The Balaban J connectivity index is 2.12. The summed E-state index contributed by atoms with van der Waals surface area (Å²) in [6.07, 6.45) is 0. The molecule has 0 aliphatic carbocycles. The second kappa shape index (κ2) is 6.33. The predicted molar refractivity (Wildman–Crippen MR) is 87.6 cm³/mol. The van der Waals surface area contributed by atoms with Gasteiger partial charge in [0, 0.05) is 0 Å². The van der Waals surface area contributed by atoms with Gasteiger partial charge in [0.2, 0.25) is 0 Å². The Morgan fingerprint density at radius 3 is 2.50 bits per heavy atom. The third kappa shape index (κ3) is 3.55. The van der Waals surface area contributed by atoms with Crippen molar-refractivity contribution in [2.24, 2.45) is 5.73 Å². The number of hydrogen-bond acceptors (Lipinski definition) is 4. The monoisotopic (exact) mass is 306 g/mol. The number of hydrogen-bond donors (Lipinski definition) is 1. The summed E-state index contributed by atoms with van der Waals surface area (Å²) >= 11 is 6.60. The van der Waals surface area contributed by atoms with Gasteiger partial charge in [0.15, 0.2) is 0 Å². The van der Waals surface area contributed by atoms with Crippen LogP contribution in [0.4, 0.5) is 0 Å². The van der Waals surface area contributed by atoms with Crippen LogP contribution in [-0.4, -0.2) is 9.97 Å². The third-order valence-electron chi connectivity index (χ3n) is 2.85. The van der Waals surface area contributed by atoms with E-state index < -0.39 is 0 Å². The molecule has 0 amide bonds. The van der Waals surface area contributed by atoms with E-state index in [2.05, 4.69) is 18.8 Å². The van der Waals surface area contributed by atoms with Crippen molar-refractivity contribution in [3.8, 4) is 5.75 Å². The lowest BCUT2D eigenvalue weighted by Gasteiger charge is -2.04. The molecule has 1 aromatic carbocycles. The first kappa shape index (κ1) is 14.9. The fourth-order valence-electron chi connectivity index (χ4n) is 1.79. The van der Waals surface area contributed by atoms with E-state index in [0.29, 0.717) is 17.5 Å². The van der Waals surface area contributed by atoms with Crippen LogP contribution in [0, 0.1) is 6.92 Å². The quantitative estimate of drug-likeness (QED) is 0.854. The molecule has 20 heavy (non-hydrogen) atoms. The number of nitrogens with zero attached hydrogens (tertiary/aromatic N) is 1. The Hall–Kier alpha value is -1.46. The van der Waals surface area contributed by atoms with Crippen LogP contribution < -0.4 is 10.5 Å². The lowest BCUT2D eigenvalue weighted by atomic mass is 10.1. The minimum absolute atomic E-state index is 0.302. The molecule has 0 aliphatic heterocycles. The zero-order valence-corrected chi connectivity index (χ0v) is 13.5. The molecule has 0 fully saturated rings. The molecule has 0 radical (unpaired) electrons. The first-order valence-corrected chi connectivity index (χ1v) is 7.68. The number of thiocarbonyl (C=S) groups is 1. The summed E-state index contributed by atoms with van der Waals surface area (Å²) in [4.78, 5) is 5.90. The molecule has 0 unspecified atom stereocenters. The second-order valence-electron chi connectivity index (χ2n) is 4.94. The van der Waals surface area contributed by atoms with Crippen LogP contribution in [0.25, 0.3) is 0 Å². The number of aryl methyl sites for hydroxylation is 1. The maximum Gasteiger partial charge on any atom is 0.140 e. The van der Waals surface area contributed by atoms with Crippen molar-refractivity contribution < 1.29 is 4.74 Å². The van der Waals surface area contributed by atoms with E-state index in [0.717, 1.165) is 21.3 Å². The minimum Gasteiger partial charge on any atom is -0.486 e. The van der Waals surface area contributed by atoms with Gasteiger partial charge < -0.3 is 10.5 Å². The lowest BCUT2D eigenvalue weighted by Crippen LogP contribution is -2.10. The molecule has 2 aromatic rings. The van der Waals surface area contributed by atoms with Crippen LogP contribution in [0.15, 0.2) is 24.3 Å². The molecule has 106 valence electrons. The molecule has 0 saturated carbocycles. The maximum atomic E-state index is 5.75. The van der Waals surface area contributed by atoms with Crippen LogP contribution in [-0.2, 0) is 6.61 Å². The largest absolute Gasteiger partial charge is 0.486 e. The number of aromatic nitrogens is 1. The molecular weight excluding hydrogens is 288 g/mol. The van der Waals surface area contributed by atoms with Crippen molar-refractivity contribution in [1.82, 2.24) is 4.98 Å². The second-order valence-corrected chi connectivity index (χ2v) is 6.47. The Morgan fingerprint density at radius 1 is 1.35 bits per heavy atom. The smallest absolute Gasteiger partial charge is 0.140 e. The van der Waals surface area contributed by atoms with Crippen LogP contribution in [0.2, 0.25) is 0 Å². The number of benzene rings is 1. The van der Waals surface area contributed by atoms with Gasteiger partial charge in [0.25, 0.3) is 0 Å². The van der Waals surface area contributed by atoms with Crippen molar-refractivity contribution in [2.75, 3.05) is 0 Å². The Kier molecular flexibility index (Phi) is 4.73. The summed E-state index contributed by atoms with van der Waals surface area (Å²) in [7, 11) is 0. The molecule has 5 heteroatoms. The van der Waals surface area contributed by atoms with Gasteiger partial charge in [-0.2, -0.15) is 0 Å². The molecular formula is C15H18N2OS2. The van der Waals surface area contributed by atoms with Crippen molar-refractivity contribution >= 4 is 28.5 Å².